The lowest BCUT2D eigenvalue weighted by Crippen LogP contribution is -2.50. The maximum Gasteiger partial charge on any atom is 0.272 e. The maximum atomic E-state index is 11.7. The summed E-state index contributed by atoms with van der Waals surface area (Å²) in [7, 11) is 0. The number of hydrogen-bond acceptors (Lipinski definition) is 5. The molecule has 2 heterocycles. The summed E-state index contributed by atoms with van der Waals surface area (Å²) >= 11 is 1.05. The molecule has 2 rings (SSSR count). The van der Waals surface area contributed by atoms with E-state index in [2.05, 4.69) is 26.3 Å². The Morgan fingerprint density at radius 2 is 2.60 bits per heavy atom. The van der Waals surface area contributed by atoms with E-state index >= 15 is 0 Å². The van der Waals surface area contributed by atoms with E-state index in [1.165, 1.54) is 6.20 Å². The molecule has 1 fully saturated rings. The summed E-state index contributed by atoms with van der Waals surface area (Å²) in [6, 6.07) is 0.202. The van der Waals surface area contributed by atoms with E-state index in [1.807, 2.05) is 0 Å². The van der Waals surface area contributed by atoms with Crippen molar-refractivity contribution in [2.24, 2.45) is 5.92 Å². The lowest BCUT2D eigenvalue weighted by atomic mass is 9.95. The minimum Gasteiger partial charge on any atom is -0.346 e. The molecule has 0 aromatic carbocycles. The van der Waals surface area contributed by atoms with Gasteiger partial charge in [0, 0.05) is 12.6 Å². The highest BCUT2D eigenvalue weighted by molar-refractivity contribution is 6.99. The Hall–Kier alpha value is -1.01. The zero-order valence-electron chi connectivity index (χ0n) is 8.56. The second kappa shape index (κ2) is 4.67. The molecule has 0 aliphatic carbocycles. The van der Waals surface area contributed by atoms with Crippen LogP contribution in [0.3, 0.4) is 0 Å². The number of nitrogens with zero attached hydrogens (tertiary/aromatic N) is 2. The van der Waals surface area contributed by atoms with Gasteiger partial charge in [0.25, 0.3) is 5.91 Å². The average molecular weight is 226 g/mol. The summed E-state index contributed by atoms with van der Waals surface area (Å²) in [4.78, 5) is 11.7. The van der Waals surface area contributed by atoms with Gasteiger partial charge in [-0.15, -0.1) is 0 Å². The summed E-state index contributed by atoms with van der Waals surface area (Å²) in [6.07, 6.45) is 2.60. The van der Waals surface area contributed by atoms with E-state index in [0.717, 1.165) is 31.2 Å². The van der Waals surface area contributed by atoms with Crippen molar-refractivity contribution in [1.82, 2.24) is 19.4 Å². The Morgan fingerprint density at radius 1 is 1.73 bits per heavy atom. The Morgan fingerprint density at radius 3 is 3.27 bits per heavy atom. The molecule has 1 aromatic heterocycles. The van der Waals surface area contributed by atoms with Crippen LogP contribution in [0, 0.1) is 5.92 Å². The molecule has 2 unspecified atom stereocenters. The molecule has 0 saturated carbocycles. The van der Waals surface area contributed by atoms with Crippen LogP contribution >= 0.6 is 11.7 Å². The van der Waals surface area contributed by atoms with Gasteiger partial charge >= 0.3 is 0 Å². The molecule has 1 aliphatic rings. The quantitative estimate of drug-likeness (QED) is 0.759. The van der Waals surface area contributed by atoms with Gasteiger partial charge in [0.05, 0.1) is 17.9 Å². The number of carbonyl (C=O) groups is 1. The van der Waals surface area contributed by atoms with Gasteiger partial charge in [-0.3, -0.25) is 4.79 Å². The van der Waals surface area contributed by atoms with E-state index in [-0.39, 0.29) is 11.9 Å². The van der Waals surface area contributed by atoms with Crippen LogP contribution in [0.15, 0.2) is 6.20 Å². The molecule has 5 nitrogen and oxygen atoms in total. The number of amides is 1. The molecule has 1 aromatic rings. The zero-order chi connectivity index (χ0) is 10.7. The zero-order valence-corrected chi connectivity index (χ0v) is 9.38. The van der Waals surface area contributed by atoms with Crippen molar-refractivity contribution >= 4 is 17.6 Å². The third-order valence-electron chi connectivity index (χ3n) is 2.74. The fraction of sp³-hybridized carbons (Fsp3) is 0.667. The van der Waals surface area contributed by atoms with E-state index in [0.29, 0.717) is 11.6 Å². The average Bonchev–Trinajstić information content (AvgIpc) is 2.74. The molecule has 2 N–H and O–H groups in total. The lowest BCUT2D eigenvalue weighted by Gasteiger charge is -2.29. The third kappa shape index (κ3) is 2.51. The maximum absolute atomic E-state index is 11.7. The Labute approximate surface area is 92.6 Å². The minimum absolute atomic E-state index is 0.121. The molecule has 1 aliphatic heterocycles. The molecule has 0 bridgehead atoms. The number of rotatable bonds is 2. The van der Waals surface area contributed by atoms with Gasteiger partial charge in [0.1, 0.15) is 0 Å². The summed E-state index contributed by atoms with van der Waals surface area (Å²) in [6.45, 7) is 4.03. The van der Waals surface area contributed by atoms with E-state index < -0.39 is 0 Å². The second-order valence-corrected chi connectivity index (χ2v) is 4.40. The van der Waals surface area contributed by atoms with Gasteiger partial charge in [0.2, 0.25) is 0 Å². The van der Waals surface area contributed by atoms with Crippen molar-refractivity contribution in [2.75, 3.05) is 13.1 Å². The number of hydrogen-bond donors (Lipinski definition) is 2. The molecule has 1 amide bonds. The summed E-state index contributed by atoms with van der Waals surface area (Å²) in [5, 5.41) is 6.24. The smallest absolute Gasteiger partial charge is 0.272 e. The van der Waals surface area contributed by atoms with Crippen molar-refractivity contribution in [3.05, 3.63) is 11.9 Å². The molecule has 15 heavy (non-hydrogen) atoms. The van der Waals surface area contributed by atoms with Gasteiger partial charge in [0.15, 0.2) is 5.69 Å². The molecular weight excluding hydrogens is 212 g/mol. The van der Waals surface area contributed by atoms with E-state index in [9.17, 15) is 4.79 Å². The van der Waals surface area contributed by atoms with Gasteiger partial charge < -0.3 is 10.6 Å². The number of nitrogens with one attached hydrogen (secondary N) is 2. The molecule has 1 saturated heterocycles. The van der Waals surface area contributed by atoms with Crippen LogP contribution in [0.1, 0.15) is 23.8 Å². The van der Waals surface area contributed by atoms with Crippen LogP contribution in [0.2, 0.25) is 0 Å². The van der Waals surface area contributed by atoms with Crippen LogP contribution in [0.5, 0.6) is 0 Å². The third-order valence-corrected chi connectivity index (χ3v) is 3.22. The first-order chi connectivity index (χ1) is 7.27. The number of carbonyl (C=O) groups excluding carboxylic acids is 1. The standard InChI is InChI=1S/C9H14N4OS/c1-6-2-3-10-4-7(6)12-9(14)8-5-11-15-13-8/h5-7,10H,2-4H2,1H3,(H,12,14). The molecule has 6 heteroatoms. The Kier molecular flexibility index (Phi) is 3.27. The van der Waals surface area contributed by atoms with E-state index in [4.69, 9.17) is 0 Å². The monoisotopic (exact) mass is 226 g/mol. The fourth-order valence-corrected chi connectivity index (χ4v) is 2.10. The number of piperidine rings is 1. The predicted octanol–water partition coefficient (Wildman–Crippen LogP) is 0.266. The van der Waals surface area contributed by atoms with Crippen molar-refractivity contribution < 1.29 is 4.79 Å². The molecular formula is C9H14N4OS. The molecule has 82 valence electrons. The van der Waals surface area contributed by atoms with Gasteiger partial charge in [-0.1, -0.05) is 6.92 Å². The summed E-state index contributed by atoms with van der Waals surface area (Å²) < 4.78 is 7.71. The molecule has 0 radical (unpaired) electrons. The van der Waals surface area contributed by atoms with Crippen LogP contribution in [-0.4, -0.2) is 33.8 Å². The van der Waals surface area contributed by atoms with Crippen LogP contribution in [-0.2, 0) is 0 Å². The van der Waals surface area contributed by atoms with Gasteiger partial charge in [-0.05, 0) is 18.9 Å². The van der Waals surface area contributed by atoms with Crippen molar-refractivity contribution in [2.45, 2.75) is 19.4 Å². The highest BCUT2D eigenvalue weighted by atomic mass is 32.1. The molecule has 2 atom stereocenters. The minimum atomic E-state index is -0.121. The Bertz CT molecular complexity index is 327. The van der Waals surface area contributed by atoms with Crippen LogP contribution in [0.4, 0.5) is 0 Å². The van der Waals surface area contributed by atoms with Crippen molar-refractivity contribution in [3.8, 4) is 0 Å². The largest absolute Gasteiger partial charge is 0.346 e. The summed E-state index contributed by atoms with van der Waals surface area (Å²) in [5.74, 6) is 0.395. The fourth-order valence-electron chi connectivity index (χ4n) is 1.69. The normalized spacial score (nSPS) is 26.2. The second-order valence-electron chi connectivity index (χ2n) is 3.84. The first-order valence-electron chi connectivity index (χ1n) is 5.06. The van der Waals surface area contributed by atoms with Crippen molar-refractivity contribution in [1.29, 1.82) is 0 Å². The van der Waals surface area contributed by atoms with Gasteiger partial charge in [-0.2, -0.15) is 8.75 Å². The first-order valence-corrected chi connectivity index (χ1v) is 5.79. The first kappa shape index (κ1) is 10.5. The summed E-state index contributed by atoms with van der Waals surface area (Å²) in [5.41, 5.74) is 0.415. The van der Waals surface area contributed by atoms with E-state index in [1.54, 1.807) is 0 Å². The Balaban J connectivity index is 1.93. The lowest BCUT2D eigenvalue weighted by molar-refractivity contribution is 0.0911. The highest BCUT2D eigenvalue weighted by Gasteiger charge is 2.23. The van der Waals surface area contributed by atoms with Crippen molar-refractivity contribution in [3.63, 3.8) is 0 Å². The SMILES string of the molecule is CC1CCNCC1NC(=O)c1cnsn1. The highest BCUT2D eigenvalue weighted by Crippen LogP contribution is 2.11. The predicted molar refractivity (Wildman–Crippen MR) is 57.8 cm³/mol. The van der Waals surface area contributed by atoms with Crippen LogP contribution in [0.25, 0.3) is 0 Å². The van der Waals surface area contributed by atoms with Crippen LogP contribution < -0.4 is 10.6 Å². The molecule has 0 spiro atoms. The number of aromatic nitrogens is 2. The topological polar surface area (TPSA) is 66.9 Å². The van der Waals surface area contributed by atoms with Gasteiger partial charge in [-0.25, -0.2) is 0 Å².